The quantitative estimate of drug-likeness (QED) is 0.555. The molecule has 7 nitrogen and oxygen atoms in total. The second-order valence-electron chi connectivity index (χ2n) is 3.83. The van der Waals surface area contributed by atoms with Gasteiger partial charge in [0.05, 0.1) is 11.4 Å². The van der Waals surface area contributed by atoms with Gasteiger partial charge >= 0.3 is 7.32 Å². The zero-order chi connectivity index (χ0) is 14.5. The van der Waals surface area contributed by atoms with Gasteiger partial charge in [-0.05, 0) is 24.3 Å². The van der Waals surface area contributed by atoms with Crippen molar-refractivity contribution in [1.29, 1.82) is 0 Å². The molecular weight excluding hydrogens is 296 g/mol. The van der Waals surface area contributed by atoms with Crippen LogP contribution in [0, 0.1) is 0 Å². The van der Waals surface area contributed by atoms with E-state index in [1.54, 1.807) is 24.3 Å². The molecule has 0 bridgehead atoms. The second-order valence-corrected chi connectivity index (χ2v) is 3.83. The first-order valence-electron chi connectivity index (χ1n) is 5.69. The highest BCUT2D eigenvalue weighted by Crippen LogP contribution is 2.29. The Labute approximate surface area is 127 Å². The summed E-state index contributed by atoms with van der Waals surface area (Å²) in [5.41, 5.74) is 6.55. The molecule has 2 rings (SSSR count). The van der Waals surface area contributed by atoms with Crippen molar-refractivity contribution < 1.29 is 19.5 Å². The molecule has 0 atom stereocenters. The fourth-order valence-corrected chi connectivity index (χ4v) is 1.67. The van der Waals surface area contributed by atoms with Crippen molar-refractivity contribution in [2.45, 2.75) is 0 Å². The molecule has 0 unspecified atom stereocenters. The first-order valence-corrected chi connectivity index (χ1v) is 5.69. The van der Waals surface area contributed by atoms with Crippen molar-refractivity contribution in [3.63, 3.8) is 0 Å². The van der Waals surface area contributed by atoms with Crippen molar-refractivity contribution in [2.24, 2.45) is 0 Å². The number of aromatic nitrogens is 1. The first-order chi connectivity index (χ1) is 9.61. The van der Waals surface area contributed by atoms with Gasteiger partial charge in [0.2, 0.25) is 6.41 Å². The first kappa shape index (κ1) is 16.8. The Morgan fingerprint density at radius 3 is 2.67 bits per heavy atom. The lowest BCUT2D eigenvalue weighted by atomic mass is 10.2. The summed E-state index contributed by atoms with van der Waals surface area (Å²) in [4.78, 5) is 16.6. The molecule has 1 amide bonds. The maximum Gasteiger partial charge on any atom is 0.707 e. The lowest BCUT2D eigenvalue weighted by molar-refractivity contribution is -0.106. The molecule has 0 aliphatic rings. The lowest BCUT2D eigenvalue weighted by Gasteiger charge is -2.18. The fourth-order valence-electron chi connectivity index (χ4n) is 1.67. The van der Waals surface area contributed by atoms with Crippen LogP contribution in [0.3, 0.4) is 0 Å². The van der Waals surface area contributed by atoms with E-state index in [0.29, 0.717) is 17.8 Å². The molecule has 0 radical (unpaired) electrons. The molecule has 1 aromatic heterocycles. The number of nitrogens with two attached hydrogens (primary N) is 1. The molecule has 0 aliphatic carbocycles. The predicted octanol–water partition coefficient (Wildman–Crippen LogP) is 0.728. The van der Waals surface area contributed by atoms with Gasteiger partial charge in [0.15, 0.2) is 5.82 Å². The van der Waals surface area contributed by atoms with E-state index in [0.717, 1.165) is 0 Å². The molecule has 9 heteroatoms. The molecular formula is C12H13BClN3O4. The van der Waals surface area contributed by atoms with Gasteiger partial charge in [0.25, 0.3) is 0 Å². The Morgan fingerprint density at radius 2 is 2.05 bits per heavy atom. The van der Waals surface area contributed by atoms with Crippen LogP contribution < -0.4 is 15.3 Å². The van der Waals surface area contributed by atoms with Crippen molar-refractivity contribution in [2.75, 3.05) is 10.6 Å². The lowest BCUT2D eigenvalue weighted by Crippen LogP contribution is -2.21. The van der Waals surface area contributed by atoms with E-state index in [1.807, 2.05) is 0 Å². The number of carbonyl (C=O) groups excluding carboxylic acids is 1. The molecule has 2 aromatic rings. The monoisotopic (exact) mass is 309 g/mol. The molecule has 0 spiro atoms. The van der Waals surface area contributed by atoms with Gasteiger partial charge in [-0.3, -0.25) is 9.69 Å². The Hall–Kier alpha value is -2.29. The third-order valence-corrected chi connectivity index (χ3v) is 2.49. The van der Waals surface area contributed by atoms with E-state index in [9.17, 15) is 4.79 Å². The summed E-state index contributed by atoms with van der Waals surface area (Å²) in [7, 11) is -1.94. The number of carbonyl (C=O) groups is 1. The molecule has 4 N–H and O–H groups in total. The third-order valence-electron chi connectivity index (χ3n) is 2.49. The molecule has 0 fully saturated rings. The minimum atomic E-state index is -1.94. The molecule has 0 aliphatic heterocycles. The number of anilines is 3. The van der Waals surface area contributed by atoms with Crippen LogP contribution in [-0.2, 0) is 4.79 Å². The normalized spacial score (nSPS) is 9.43. The average Bonchev–Trinajstić information content (AvgIpc) is 2.41. The Kier molecular flexibility index (Phi) is 5.98. The topological polar surface area (TPSA) is 109 Å². The summed E-state index contributed by atoms with van der Waals surface area (Å²) < 4.78 is 4.73. The SMILES string of the molecule is Cl.Nc1cccnc1N(C=O)c1cccc(OB(O)O)c1. The van der Waals surface area contributed by atoms with Gasteiger partial charge in [-0.2, -0.15) is 0 Å². The Balaban J connectivity index is 0.00000220. The smallest absolute Gasteiger partial charge is 0.512 e. The third kappa shape index (κ3) is 4.09. The van der Waals surface area contributed by atoms with E-state index >= 15 is 0 Å². The number of benzene rings is 1. The van der Waals surface area contributed by atoms with E-state index in [1.165, 1.54) is 23.2 Å². The zero-order valence-corrected chi connectivity index (χ0v) is 11.6. The Bertz CT molecular complexity index is 615. The maximum atomic E-state index is 11.3. The summed E-state index contributed by atoms with van der Waals surface area (Å²) in [6.07, 6.45) is 2.08. The van der Waals surface area contributed by atoms with Crippen molar-refractivity contribution >= 4 is 43.3 Å². The van der Waals surface area contributed by atoms with Crippen LogP contribution in [-0.4, -0.2) is 28.8 Å². The minimum absolute atomic E-state index is 0. The Morgan fingerprint density at radius 1 is 1.29 bits per heavy atom. The predicted molar refractivity (Wildman–Crippen MR) is 81.4 cm³/mol. The van der Waals surface area contributed by atoms with Gasteiger partial charge < -0.3 is 20.4 Å². The van der Waals surface area contributed by atoms with E-state index in [-0.39, 0.29) is 24.0 Å². The zero-order valence-electron chi connectivity index (χ0n) is 10.8. The van der Waals surface area contributed by atoms with Crippen molar-refractivity contribution in [1.82, 2.24) is 4.98 Å². The van der Waals surface area contributed by atoms with E-state index in [4.69, 9.17) is 20.4 Å². The number of rotatable bonds is 5. The van der Waals surface area contributed by atoms with Crippen LogP contribution in [0.4, 0.5) is 17.2 Å². The molecule has 0 saturated heterocycles. The number of halogens is 1. The molecule has 21 heavy (non-hydrogen) atoms. The van der Waals surface area contributed by atoms with Crippen LogP contribution in [0.5, 0.6) is 5.75 Å². The van der Waals surface area contributed by atoms with Gasteiger partial charge in [-0.15, -0.1) is 12.4 Å². The highest BCUT2D eigenvalue weighted by molar-refractivity contribution is 6.33. The van der Waals surface area contributed by atoms with Crippen LogP contribution in [0.15, 0.2) is 42.6 Å². The van der Waals surface area contributed by atoms with Crippen LogP contribution in [0.2, 0.25) is 0 Å². The summed E-state index contributed by atoms with van der Waals surface area (Å²) in [5.74, 6) is 0.475. The number of hydrogen-bond donors (Lipinski definition) is 3. The largest absolute Gasteiger partial charge is 0.707 e. The fraction of sp³-hybridized carbons (Fsp3) is 0. The van der Waals surface area contributed by atoms with Gasteiger partial charge in [0.1, 0.15) is 5.75 Å². The highest BCUT2D eigenvalue weighted by atomic mass is 35.5. The molecule has 0 saturated carbocycles. The van der Waals surface area contributed by atoms with Gasteiger partial charge in [-0.25, -0.2) is 4.98 Å². The number of amides is 1. The summed E-state index contributed by atoms with van der Waals surface area (Å²) in [6, 6.07) is 9.50. The minimum Gasteiger partial charge on any atom is -0.512 e. The number of pyridine rings is 1. The van der Waals surface area contributed by atoms with Gasteiger partial charge in [0, 0.05) is 12.3 Å². The van der Waals surface area contributed by atoms with E-state index in [2.05, 4.69) is 4.98 Å². The van der Waals surface area contributed by atoms with Crippen molar-refractivity contribution in [3.8, 4) is 5.75 Å². The number of nitrogen functional groups attached to an aromatic ring is 1. The number of hydrogen-bond acceptors (Lipinski definition) is 6. The maximum absolute atomic E-state index is 11.3. The summed E-state index contributed by atoms with van der Waals surface area (Å²) in [6.45, 7) is 0. The number of nitrogens with zero attached hydrogens (tertiary/aromatic N) is 2. The molecule has 1 aromatic carbocycles. The summed E-state index contributed by atoms with van der Waals surface area (Å²) in [5, 5.41) is 17.5. The molecule has 110 valence electrons. The second kappa shape index (κ2) is 7.48. The van der Waals surface area contributed by atoms with Crippen LogP contribution >= 0.6 is 12.4 Å². The summed E-state index contributed by atoms with van der Waals surface area (Å²) >= 11 is 0. The van der Waals surface area contributed by atoms with Crippen LogP contribution in [0.1, 0.15) is 0 Å². The molecule has 1 heterocycles. The average molecular weight is 310 g/mol. The standard InChI is InChI=1S/C12H12BN3O4.ClH/c14-11-5-2-6-15-12(11)16(8-17)9-3-1-4-10(7-9)20-13(18)19;/h1-8,18-19H,14H2;1H. The highest BCUT2D eigenvalue weighted by Gasteiger charge is 2.15. The van der Waals surface area contributed by atoms with Crippen molar-refractivity contribution in [3.05, 3.63) is 42.6 Å². The van der Waals surface area contributed by atoms with Gasteiger partial charge in [-0.1, -0.05) is 6.07 Å². The van der Waals surface area contributed by atoms with Crippen LogP contribution in [0.25, 0.3) is 0 Å². The van der Waals surface area contributed by atoms with E-state index < -0.39 is 7.32 Å².